The first-order chi connectivity index (χ1) is 8.55. The molecule has 0 radical (unpaired) electrons. The van der Waals surface area contributed by atoms with Crippen LogP contribution in [0.2, 0.25) is 18.1 Å². The standard InChI is InChI=1S/C12H26N2O3Si/c1-4-18(5-2,6-3)17-11-7-10(8-13-9-11)14-12(15)16/h10-11,13-14H,4-9H2,1-3H3,(H,15,16). The fraction of sp³-hybridized carbons (Fsp3) is 0.917. The minimum absolute atomic E-state index is 0.0291. The summed E-state index contributed by atoms with van der Waals surface area (Å²) in [5.41, 5.74) is 0. The summed E-state index contributed by atoms with van der Waals surface area (Å²) in [7, 11) is -1.59. The number of hydrogen-bond donors (Lipinski definition) is 3. The maximum absolute atomic E-state index is 10.7. The van der Waals surface area contributed by atoms with Crippen molar-refractivity contribution in [1.29, 1.82) is 0 Å². The predicted molar refractivity (Wildman–Crippen MR) is 74.5 cm³/mol. The Kier molecular flexibility index (Phi) is 6.11. The third kappa shape index (κ3) is 4.26. The normalized spacial score (nSPS) is 24.8. The quantitative estimate of drug-likeness (QED) is 0.648. The second-order valence-corrected chi connectivity index (χ2v) is 9.75. The summed E-state index contributed by atoms with van der Waals surface area (Å²) in [6.07, 6.45) is -0.0109. The highest BCUT2D eigenvalue weighted by Crippen LogP contribution is 2.25. The molecule has 1 rings (SSSR count). The Bertz CT molecular complexity index is 264. The van der Waals surface area contributed by atoms with Crippen molar-refractivity contribution in [2.75, 3.05) is 13.1 Å². The molecule has 106 valence electrons. The summed E-state index contributed by atoms with van der Waals surface area (Å²) in [5.74, 6) is 0. The van der Waals surface area contributed by atoms with Gasteiger partial charge in [0.25, 0.3) is 0 Å². The van der Waals surface area contributed by atoms with Crippen LogP contribution in [0.25, 0.3) is 0 Å². The summed E-state index contributed by atoms with van der Waals surface area (Å²) < 4.78 is 6.38. The Morgan fingerprint density at radius 1 is 1.33 bits per heavy atom. The van der Waals surface area contributed by atoms with Gasteiger partial charge >= 0.3 is 6.09 Å². The fourth-order valence-electron chi connectivity index (χ4n) is 2.63. The van der Waals surface area contributed by atoms with Crippen molar-refractivity contribution in [2.45, 2.75) is 57.5 Å². The zero-order valence-electron chi connectivity index (χ0n) is 11.7. The molecule has 0 saturated carbocycles. The zero-order chi connectivity index (χ0) is 13.6. The van der Waals surface area contributed by atoms with Crippen molar-refractivity contribution in [1.82, 2.24) is 10.6 Å². The first kappa shape index (κ1) is 15.5. The minimum Gasteiger partial charge on any atom is -0.465 e. The lowest BCUT2D eigenvalue weighted by Crippen LogP contribution is -2.54. The third-order valence-electron chi connectivity index (χ3n) is 3.99. The van der Waals surface area contributed by atoms with Crippen LogP contribution in [0.3, 0.4) is 0 Å². The van der Waals surface area contributed by atoms with E-state index in [0.717, 1.165) is 31.1 Å². The Morgan fingerprint density at radius 3 is 2.44 bits per heavy atom. The van der Waals surface area contributed by atoms with Crippen molar-refractivity contribution in [3.05, 3.63) is 0 Å². The van der Waals surface area contributed by atoms with Crippen LogP contribution in [0.1, 0.15) is 27.2 Å². The van der Waals surface area contributed by atoms with E-state index in [4.69, 9.17) is 9.53 Å². The van der Waals surface area contributed by atoms with Crippen LogP contribution in [0.5, 0.6) is 0 Å². The van der Waals surface area contributed by atoms with Gasteiger partial charge in [-0.1, -0.05) is 20.8 Å². The van der Waals surface area contributed by atoms with Crippen molar-refractivity contribution in [3.8, 4) is 0 Å². The van der Waals surface area contributed by atoms with Crippen molar-refractivity contribution in [3.63, 3.8) is 0 Å². The summed E-state index contributed by atoms with van der Waals surface area (Å²) in [5, 5.41) is 14.5. The summed E-state index contributed by atoms with van der Waals surface area (Å²) in [6.45, 7) is 8.17. The Balaban J connectivity index is 2.53. The molecule has 2 unspecified atom stereocenters. The molecular formula is C12H26N2O3Si. The van der Waals surface area contributed by atoms with Crippen LogP contribution < -0.4 is 10.6 Å². The Hall–Kier alpha value is -0.593. The van der Waals surface area contributed by atoms with E-state index in [1.807, 2.05) is 0 Å². The van der Waals surface area contributed by atoms with Crippen LogP contribution in [0.15, 0.2) is 0 Å². The number of carbonyl (C=O) groups is 1. The monoisotopic (exact) mass is 274 g/mol. The molecule has 1 amide bonds. The molecule has 18 heavy (non-hydrogen) atoms. The van der Waals surface area contributed by atoms with Gasteiger partial charge < -0.3 is 20.2 Å². The first-order valence-electron chi connectivity index (χ1n) is 6.93. The molecule has 1 aliphatic heterocycles. The van der Waals surface area contributed by atoms with E-state index in [-0.39, 0.29) is 12.1 Å². The molecule has 3 N–H and O–H groups in total. The predicted octanol–water partition coefficient (Wildman–Crippen LogP) is 2.01. The van der Waals surface area contributed by atoms with E-state index in [1.54, 1.807) is 0 Å². The molecule has 1 aliphatic rings. The zero-order valence-corrected chi connectivity index (χ0v) is 12.7. The molecular weight excluding hydrogens is 248 g/mol. The lowest BCUT2D eigenvalue weighted by molar-refractivity contribution is 0.131. The van der Waals surface area contributed by atoms with E-state index < -0.39 is 14.4 Å². The van der Waals surface area contributed by atoms with Gasteiger partial charge in [0.05, 0.1) is 6.10 Å². The van der Waals surface area contributed by atoms with Crippen molar-refractivity contribution in [2.24, 2.45) is 0 Å². The Morgan fingerprint density at radius 2 is 1.94 bits per heavy atom. The summed E-state index contributed by atoms with van der Waals surface area (Å²) in [4.78, 5) is 10.7. The molecule has 0 spiro atoms. The number of piperidine rings is 1. The van der Waals surface area contributed by atoms with Gasteiger partial charge in [-0.05, 0) is 24.6 Å². The van der Waals surface area contributed by atoms with Crippen LogP contribution in [-0.4, -0.2) is 44.8 Å². The molecule has 0 aliphatic carbocycles. The SMILES string of the molecule is CC[Si](CC)(CC)OC1CNCC(NC(=O)O)C1. The number of rotatable bonds is 6. The molecule has 1 saturated heterocycles. The minimum atomic E-state index is -1.59. The summed E-state index contributed by atoms with van der Waals surface area (Å²) >= 11 is 0. The molecule has 6 heteroatoms. The number of hydrogen-bond acceptors (Lipinski definition) is 3. The van der Waals surface area contributed by atoms with E-state index in [0.29, 0.717) is 6.54 Å². The average molecular weight is 274 g/mol. The van der Waals surface area contributed by atoms with Gasteiger partial charge in [0.15, 0.2) is 8.32 Å². The van der Waals surface area contributed by atoms with Gasteiger partial charge in [-0.25, -0.2) is 4.79 Å². The van der Waals surface area contributed by atoms with Gasteiger partial charge in [-0.2, -0.15) is 0 Å². The number of carboxylic acid groups (broad SMARTS) is 1. The van der Waals surface area contributed by atoms with Crippen LogP contribution in [0.4, 0.5) is 4.79 Å². The molecule has 0 aromatic rings. The fourth-order valence-corrected chi connectivity index (χ4v) is 5.52. The maximum Gasteiger partial charge on any atom is 0.404 e. The van der Waals surface area contributed by atoms with E-state index in [1.165, 1.54) is 0 Å². The second-order valence-electron chi connectivity index (χ2n) is 5.02. The van der Waals surface area contributed by atoms with E-state index in [9.17, 15) is 4.79 Å². The Labute approximate surface area is 110 Å². The number of nitrogens with one attached hydrogen (secondary N) is 2. The van der Waals surface area contributed by atoms with Crippen molar-refractivity contribution < 1.29 is 14.3 Å². The highest BCUT2D eigenvalue weighted by molar-refractivity contribution is 6.73. The van der Waals surface area contributed by atoms with Gasteiger partial charge in [0, 0.05) is 19.1 Å². The van der Waals surface area contributed by atoms with E-state index in [2.05, 4.69) is 31.4 Å². The van der Waals surface area contributed by atoms with Crippen molar-refractivity contribution >= 4 is 14.4 Å². The van der Waals surface area contributed by atoms with Crippen LogP contribution in [0, 0.1) is 0 Å². The molecule has 5 nitrogen and oxygen atoms in total. The highest BCUT2D eigenvalue weighted by atomic mass is 28.4. The lowest BCUT2D eigenvalue weighted by atomic mass is 10.1. The van der Waals surface area contributed by atoms with Gasteiger partial charge in [-0.15, -0.1) is 0 Å². The molecule has 0 bridgehead atoms. The molecule has 1 fully saturated rings. The number of amides is 1. The lowest BCUT2D eigenvalue weighted by Gasteiger charge is -2.37. The average Bonchev–Trinajstić information content (AvgIpc) is 2.36. The van der Waals surface area contributed by atoms with Gasteiger partial charge in [0.1, 0.15) is 0 Å². The molecule has 2 atom stereocenters. The van der Waals surface area contributed by atoms with Crippen LogP contribution in [-0.2, 0) is 4.43 Å². The van der Waals surface area contributed by atoms with Gasteiger partial charge in [0.2, 0.25) is 0 Å². The molecule has 0 aromatic carbocycles. The topological polar surface area (TPSA) is 70.6 Å². The van der Waals surface area contributed by atoms with Gasteiger partial charge in [-0.3, -0.25) is 0 Å². The highest BCUT2D eigenvalue weighted by Gasteiger charge is 2.34. The summed E-state index contributed by atoms with van der Waals surface area (Å²) in [6, 6.07) is 3.37. The van der Waals surface area contributed by atoms with Crippen LogP contribution >= 0.6 is 0 Å². The largest absolute Gasteiger partial charge is 0.465 e. The third-order valence-corrected chi connectivity index (χ3v) is 8.69. The second kappa shape index (κ2) is 7.11. The smallest absolute Gasteiger partial charge is 0.404 e. The van der Waals surface area contributed by atoms with E-state index >= 15 is 0 Å². The molecule has 0 aromatic heterocycles. The first-order valence-corrected chi connectivity index (χ1v) is 9.46. The maximum atomic E-state index is 10.7. The molecule has 1 heterocycles.